The lowest BCUT2D eigenvalue weighted by molar-refractivity contribution is -0.137. The van der Waals surface area contributed by atoms with E-state index in [1.54, 1.807) is 11.0 Å². The van der Waals surface area contributed by atoms with Crippen LogP contribution in [0.5, 0.6) is 11.6 Å². The van der Waals surface area contributed by atoms with Crippen LogP contribution in [0.3, 0.4) is 0 Å². The Kier molecular flexibility index (Phi) is 7.72. The molecule has 1 saturated heterocycles. The number of piperidine rings is 1. The quantitative estimate of drug-likeness (QED) is 0.555. The van der Waals surface area contributed by atoms with Gasteiger partial charge in [0.15, 0.2) is 11.4 Å². The van der Waals surface area contributed by atoms with Gasteiger partial charge >= 0.3 is 6.18 Å². The maximum absolute atomic E-state index is 13.5. The molecule has 3 atom stereocenters. The molecule has 1 aliphatic carbocycles. The minimum absolute atomic E-state index is 0. The summed E-state index contributed by atoms with van der Waals surface area (Å²) in [5.41, 5.74) is 0.181. The molecule has 33 heavy (non-hydrogen) atoms. The van der Waals surface area contributed by atoms with Crippen LogP contribution in [0.15, 0.2) is 30.5 Å². The first-order chi connectivity index (χ1) is 15.3. The highest BCUT2D eigenvalue weighted by Gasteiger charge is 2.48. The molecule has 2 aliphatic rings. The first-order valence-electron chi connectivity index (χ1n) is 10.8. The third kappa shape index (κ3) is 5.88. The highest BCUT2D eigenvalue weighted by atomic mass is 35.5. The number of carbonyl (C=O) groups is 1. The highest BCUT2D eigenvalue weighted by molar-refractivity contribution is 5.95. The van der Waals surface area contributed by atoms with Crippen molar-refractivity contribution in [2.75, 3.05) is 19.8 Å². The summed E-state index contributed by atoms with van der Waals surface area (Å²) in [6.07, 6.45) is -1.03. The predicted octanol–water partition coefficient (Wildman–Crippen LogP) is 4.94. The van der Waals surface area contributed by atoms with Crippen molar-refractivity contribution >= 4 is 18.3 Å². The molecule has 0 aromatic carbocycles. The average molecular weight is 486 g/mol. The van der Waals surface area contributed by atoms with Crippen molar-refractivity contribution in [3.8, 4) is 11.6 Å². The normalized spacial score (nSPS) is 21.6. The monoisotopic (exact) mass is 485 g/mol. The van der Waals surface area contributed by atoms with Crippen LogP contribution in [0, 0.1) is 18.8 Å². The minimum Gasteiger partial charge on any atom is -0.491 e. The Balaban J connectivity index is 0.00000306. The number of pyridine rings is 2. The van der Waals surface area contributed by atoms with Crippen LogP contribution < -0.4 is 9.47 Å². The molecule has 0 N–H and O–H groups in total. The summed E-state index contributed by atoms with van der Waals surface area (Å²) in [4.78, 5) is 23.5. The molecule has 10 heteroatoms. The Morgan fingerprint density at radius 2 is 1.94 bits per heavy atom. The van der Waals surface area contributed by atoms with Crippen LogP contribution in [0.2, 0.25) is 0 Å². The van der Waals surface area contributed by atoms with Crippen LogP contribution in [-0.2, 0) is 6.18 Å². The Morgan fingerprint density at radius 3 is 2.61 bits per heavy atom. The standard InChI is InChI=1S/C23H26F3N3O3.ClH/c1-3-8-31-19-6-4-14(2)28-21(19)22(30)29-12-16-9-15(16)10-18(29)13-32-20-7-5-17(11-27-20)23(24,25)26;/h4-7,11,15-16,18H,3,8-10,12-13H2,1-2H3;1H/t15-,16+,18+;/m1./s1. The molecule has 4 rings (SSSR count). The van der Waals surface area contributed by atoms with Crippen molar-refractivity contribution < 1.29 is 27.4 Å². The van der Waals surface area contributed by atoms with Gasteiger partial charge in [-0.05, 0) is 56.2 Å². The van der Waals surface area contributed by atoms with Gasteiger partial charge in [-0.25, -0.2) is 9.97 Å². The van der Waals surface area contributed by atoms with Crippen LogP contribution >= 0.6 is 12.4 Å². The molecule has 0 spiro atoms. The Bertz CT molecular complexity index is 972. The lowest BCUT2D eigenvalue weighted by Crippen LogP contribution is -2.48. The third-order valence-electron chi connectivity index (χ3n) is 5.93. The van der Waals surface area contributed by atoms with Gasteiger partial charge in [0.1, 0.15) is 6.61 Å². The molecule has 1 amide bonds. The summed E-state index contributed by atoms with van der Waals surface area (Å²) in [5, 5.41) is 0. The number of rotatable bonds is 7. The molecule has 1 saturated carbocycles. The first-order valence-corrected chi connectivity index (χ1v) is 10.8. The Labute approximate surface area is 196 Å². The summed E-state index contributed by atoms with van der Waals surface area (Å²) < 4.78 is 49.7. The van der Waals surface area contributed by atoms with E-state index < -0.39 is 11.7 Å². The van der Waals surface area contributed by atoms with Crippen molar-refractivity contribution in [3.63, 3.8) is 0 Å². The molecule has 1 aliphatic heterocycles. The first kappa shape index (κ1) is 25.1. The zero-order valence-electron chi connectivity index (χ0n) is 18.5. The lowest BCUT2D eigenvalue weighted by Gasteiger charge is -2.35. The van der Waals surface area contributed by atoms with Gasteiger partial charge in [-0.1, -0.05) is 6.92 Å². The van der Waals surface area contributed by atoms with Crippen LogP contribution in [0.4, 0.5) is 13.2 Å². The molecule has 0 radical (unpaired) electrons. The molecule has 2 aromatic rings. The van der Waals surface area contributed by atoms with E-state index in [0.29, 0.717) is 30.7 Å². The number of nitrogens with zero attached hydrogens (tertiary/aromatic N) is 3. The van der Waals surface area contributed by atoms with Crippen molar-refractivity contribution in [3.05, 3.63) is 47.4 Å². The van der Waals surface area contributed by atoms with E-state index in [0.717, 1.165) is 37.2 Å². The SMILES string of the molecule is CCCOc1ccc(C)nc1C(=O)N1C[C@@H]2C[C@@H]2C[C@H]1COc1ccc(C(F)(F)F)cn1.Cl. The Hall–Kier alpha value is -2.55. The zero-order chi connectivity index (χ0) is 22.9. The number of likely N-dealkylation sites (tertiary alicyclic amines) is 1. The number of fused-ring (bicyclic) bond motifs is 1. The van der Waals surface area contributed by atoms with Gasteiger partial charge in [-0.3, -0.25) is 4.79 Å². The number of aryl methyl sites for hydroxylation is 1. The second-order valence-corrected chi connectivity index (χ2v) is 8.44. The molecular weight excluding hydrogens is 459 g/mol. The molecule has 2 fully saturated rings. The number of hydrogen-bond donors (Lipinski definition) is 0. The smallest absolute Gasteiger partial charge is 0.417 e. The van der Waals surface area contributed by atoms with Gasteiger partial charge in [0.2, 0.25) is 5.88 Å². The largest absolute Gasteiger partial charge is 0.491 e. The predicted molar refractivity (Wildman–Crippen MR) is 118 cm³/mol. The maximum atomic E-state index is 13.5. The van der Waals surface area contributed by atoms with Gasteiger partial charge in [-0.2, -0.15) is 13.2 Å². The number of amides is 1. The van der Waals surface area contributed by atoms with E-state index in [-0.39, 0.29) is 42.5 Å². The number of aromatic nitrogens is 2. The summed E-state index contributed by atoms with van der Waals surface area (Å²) in [6, 6.07) is 5.52. The number of hydrogen-bond acceptors (Lipinski definition) is 5. The summed E-state index contributed by atoms with van der Waals surface area (Å²) in [7, 11) is 0. The Morgan fingerprint density at radius 1 is 1.15 bits per heavy atom. The third-order valence-corrected chi connectivity index (χ3v) is 5.93. The van der Waals surface area contributed by atoms with Crippen LogP contribution in [-0.4, -0.2) is 46.6 Å². The van der Waals surface area contributed by atoms with E-state index in [1.165, 1.54) is 6.07 Å². The highest BCUT2D eigenvalue weighted by Crippen LogP contribution is 2.47. The fourth-order valence-electron chi connectivity index (χ4n) is 4.08. The van der Waals surface area contributed by atoms with Crippen molar-refractivity contribution in [1.82, 2.24) is 14.9 Å². The van der Waals surface area contributed by atoms with E-state index in [9.17, 15) is 18.0 Å². The van der Waals surface area contributed by atoms with Gasteiger partial charge < -0.3 is 14.4 Å². The second kappa shape index (κ2) is 10.2. The van der Waals surface area contributed by atoms with Crippen LogP contribution in [0.1, 0.15) is 47.9 Å². The van der Waals surface area contributed by atoms with E-state index in [2.05, 4.69) is 9.97 Å². The minimum atomic E-state index is -4.45. The van der Waals surface area contributed by atoms with Gasteiger partial charge in [0.05, 0.1) is 18.2 Å². The molecule has 0 bridgehead atoms. The van der Waals surface area contributed by atoms with Crippen LogP contribution in [0.25, 0.3) is 0 Å². The molecule has 0 unspecified atom stereocenters. The molecule has 6 nitrogen and oxygen atoms in total. The van der Waals surface area contributed by atoms with Crippen molar-refractivity contribution in [1.29, 1.82) is 0 Å². The molecule has 3 heterocycles. The molecular formula is C23H27ClF3N3O3. The fourth-order valence-corrected chi connectivity index (χ4v) is 4.08. The van der Waals surface area contributed by atoms with E-state index in [4.69, 9.17) is 9.47 Å². The summed E-state index contributed by atoms with van der Waals surface area (Å²) >= 11 is 0. The number of ether oxygens (including phenoxy) is 2. The second-order valence-electron chi connectivity index (χ2n) is 8.44. The fraction of sp³-hybridized carbons (Fsp3) is 0.522. The zero-order valence-corrected chi connectivity index (χ0v) is 19.3. The molecule has 180 valence electrons. The summed E-state index contributed by atoms with van der Waals surface area (Å²) in [6.45, 7) is 5.07. The molecule has 2 aromatic heterocycles. The maximum Gasteiger partial charge on any atom is 0.417 e. The number of halogens is 4. The summed E-state index contributed by atoms with van der Waals surface area (Å²) in [5.74, 6) is 1.38. The lowest BCUT2D eigenvalue weighted by atomic mass is 10.0. The van der Waals surface area contributed by atoms with Crippen molar-refractivity contribution in [2.24, 2.45) is 11.8 Å². The number of alkyl halides is 3. The number of carbonyl (C=O) groups excluding carboxylic acids is 1. The van der Waals surface area contributed by atoms with E-state index in [1.807, 2.05) is 19.9 Å². The van der Waals surface area contributed by atoms with Gasteiger partial charge in [0.25, 0.3) is 5.91 Å². The van der Waals surface area contributed by atoms with Crippen molar-refractivity contribution in [2.45, 2.75) is 45.3 Å². The average Bonchev–Trinajstić information content (AvgIpc) is 3.53. The topological polar surface area (TPSA) is 64.5 Å². The van der Waals surface area contributed by atoms with E-state index >= 15 is 0 Å². The van der Waals surface area contributed by atoms with Gasteiger partial charge in [0, 0.05) is 24.5 Å². The van der Waals surface area contributed by atoms with Gasteiger partial charge in [-0.15, -0.1) is 12.4 Å².